The number of hydrogen-bond acceptors (Lipinski definition) is 5. The van der Waals surface area contributed by atoms with Crippen molar-refractivity contribution in [2.45, 2.75) is 26.3 Å². The molecule has 1 aliphatic heterocycles. The van der Waals surface area contributed by atoms with Crippen LogP contribution >= 0.6 is 11.3 Å². The second-order valence-electron chi connectivity index (χ2n) is 3.94. The molecule has 0 aromatic carbocycles. The first-order valence-electron chi connectivity index (χ1n) is 4.97. The number of anilines is 1. The third-order valence-corrected chi connectivity index (χ3v) is 3.63. The molecular weight excluding hydrogens is 196 g/mol. The van der Waals surface area contributed by atoms with Crippen LogP contribution in [0.1, 0.15) is 18.4 Å². The number of nitrogens with zero attached hydrogens (tertiary/aromatic N) is 3. The maximum Gasteiger partial charge on any atom is 0.208 e. The number of rotatable bonds is 2. The summed E-state index contributed by atoms with van der Waals surface area (Å²) in [5.41, 5.74) is 5.68. The van der Waals surface area contributed by atoms with Crippen LogP contribution in [0, 0.1) is 12.8 Å². The molecule has 2 N–H and O–H groups in total. The van der Waals surface area contributed by atoms with Gasteiger partial charge in [-0.3, -0.25) is 0 Å². The average molecular weight is 212 g/mol. The Bertz CT molecular complexity index is 312. The number of nitrogens with two attached hydrogens (primary N) is 1. The molecule has 0 spiro atoms. The van der Waals surface area contributed by atoms with E-state index in [1.54, 1.807) is 11.3 Å². The topological polar surface area (TPSA) is 55.0 Å². The molecule has 14 heavy (non-hydrogen) atoms. The van der Waals surface area contributed by atoms with Crippen molar-refractivity contribution in [2.75, 3.05) is 18.0 Å². The van der Waals surface area contributed by atoms with Gasteiger partial charge >= 0.3 is 0 Å². The van der Waals surface area contributed by atoms with Crippen LogP contribution in [0.15, 0.2) is 0 Å². The van der Waals surface area contributed by atoms with E-state index in [4.69, 9.17) is 5.73 Å². The molecule has 2 rings (SSSR count). The molecule has 1 saturated heterocycles. The van der Waals surface area contributed by atoms with Gasteiger partial charge in [-0.05, 0) is 32.7 Å². The van der Waals surface area contributed by atoms with Crippen LogP contribution < -0.4 is 10.6 Å². The zero-order valence-corrected chi connectivity index (χ0v) is 9.42. The highest BCUT2D eigenvalue weighted by molar-refractivity contribution is 7.15. The molecule has 4 nitrogen and oxygen atoms in total. The van der Waals surface area contributed by atoms with E-state index in [0.29, 0.717) is 12.0 Å². The van der Waals surface area contributed by atoms with Crippen LogP contribution in [0.2, 0.25) is 0 Å². The van der Waals surface area contributed by atoms with Crippen LogP contribution in [0.5, 0.6) is 0 Å². The summed E-state index contributed by atoms with van der Waals surface area (Å²) in [6.45, 7) is 6.03. The van der Waals surface area contributed by atoms with Gasteiger partial charge in [0, 0.05) is 12.6 Å². The molecule has 2 atom stereocenters. The fraction of sp³-hybridized carbons (Fsp3) is 0.778. The number of aryl methyl sites for hydroxylation is 1. The standard InChI is InChI=1S/C9H16N4S/c1-6-3-8(4-10)5-13(6)9-12-11-7(2)14-9/h6,8H,3-5,10H2,1-2H3. The Kier molecular flexibility index (Phi) is 2.69. The van der Waals surface area contributed by atoms with Crippen molar-refractivity contribution in [3.63, 3.8) is 0 Å². The Morgan fingerprint density at radius 2 is 2.36 bits per heavy atom. The van der Waals surface area contributed by atoms with Gasteiger partial charge in [0.05, 0.1) is 0 Å². The maximum absolute atomic E-state index is 5.68. The van der Waals surface area contributed by atoms with Gasteiger partial charge in [-0.25, -0.2) is 0 Å². The molecule has 2 unspecified atom stereocenters. The van der Waals surface area contributed by atoms with Gasteiger partial charge in [-0.1, -0.05) is 11.3 Å². The lowest BCUT2D eigenvalue weighted by molar-refractivity contribution is 0.579. The molecule has 1 aliphatic rings. The zero-order valence-electron chi connectivity index (χ0n) is 8.60. The van der Waals surface area contributed by atoms with E-state index in [1.807, 2.05) is 6.92 Å². The van der Waals surface area contributed by atoms with Crippen LogP contribution in [-0.4, -0.2) is 29.3 Å². The molecule has 0 saturated carbocycles. The van der Waals surface area contributed by atoms with E-state index < -0.39 is 0 Å². The molecule has 0 radical (unpaired) electrons. The van der Waals surface area contributed by atoms with Crippen molar-refractivity contribution in [3.8, 4) is 0 Å². The molecule has 0 aliphatic carbocycles. The summed E-state index contributed by atoms with van der Waals surface area (Å²) in [5.74, 6) is 0.620. The van der Waals surface area contributed by atoms with E-state index in [-0.39, 0.29) is 0 Å². The third-order valence-electron chi connectivity index (χ3n) is 2.76. The predicted molar refractivity (Wildman–Crippen MR) is 58.6 cm³/mol. The smallest absolute Gasteiger partial charge is 0.208 e. The van der Waals surface area contributed by atoms with Crippen LogP contribution in [0.4, 0.5) is 5.13 Å². The second-order valence-corrected chi connectivity index (χ2v) is 5.10. The summed E-state index contributed by atoms with van der Waals surface area (Å²) >= 11 is 1.66. The Labute approximate surface area is 88.1 Å². The second kappa shape index (κ2) is 3.82. The molecule has 5 heteroatoms. The van der Waals surface area contributed by atoms with E-state index >= 15 is 0 Å². The van der Waals surface area contributed by atoms with Crippen molar-refractivity contribution in [1.82, 2.24) is 10.2 Å². The normalized spacial score (nSPS) is 27.2. The van der Waals surface area contributed by atoms with Crippen molar-refractivity contribution in [2.24, 2.45) is 11.7 Å². The lowest BCUT2D eigenvalue weighted by Crippen LogP contribution is -2.27. The van der Waals surface area contributed by atoms with Crippen molar-refractivity contribution in [3.05, 3.63) is 5.01 Å². The molecule has 1 aromatic rings. The largest absolute Gasteiger partial charge is 0.344 e. The van der Waals surface area contributed by atoms with Gasteiger partial charge in [-0.2, -0.15) is 0 Å². The van der Waals surface area contributed by atoms with Crippen LogP contribution in [0.3, 0.4) is 0 Å². The predicted octanol–water partition coefficient (Wildman–Crippen LogP) is 1.02. The molecule has 1 fully saturated rings. The van der Waals surface area contributed by atoms with Gasteiger partial charge < -0.3 is 10.6 Å². The minimum atomic E-state index is 0.552. The quantitative estimate of drug-likeness (QED) is 0.795. The molecule has 1 aromatic heterocycles. The molecular formula is C9H16N4S. The Balaban J connectivity index is 2.12. The van der Waals surface area contributed by atoms with Crippen molar-refractivity contribution >= 4 is 16.5 Å². The number of aromatic nitrogens is 2. The molecule has 0 amide bonds. The van der Waals surface area contributed by atoms with E-state index in [2.05, 4.69) is 22.0 Å². The third kappa shape index (κ3) is 1.74. The molecule has 78 valence electrons. The first kappa shape index (κ1) is 9.86. The summed E-state index contributed by atoms with van der Waals surface area (Å²) in [5, 5.41) is 10.3. The Hall–Kier alpha value is -0.680. The summed E-state index contributed by atoms with van der Waals surface area (Å²) in [6.07, 6.45) is 1.18. The molecule has 2 heterocycles. The Morgan fingerprint density at radius 3 is 2.86 bits per heavy atom. The maximum atomic E-state index is 5.68. The Morgan fingerprint density at radius 1 is 1.57 bits per heavy atom. The first-order chi connectivity index (χ1) is 6.70. The van der Waals surface area contributed by atoms with Crippen LogP contribution in [0.25, 0.3) is 0 Å². The summed E-state index contributed by atoms with van der Waals surface area (Å²) < 4.78 is 0. The minimum absolute atomic E-state index is 0.552. The fourth-order valence-corrected chi connectivity index (χ4v) is 2.78. The average Bonchev–Trinajstić information content (AvgIpc) is 2.71. The lowest BCUT2D eigenvalue weighted by Gasteiger charge is -2.19. The zero-order chi connectivity index (χ0) is 10.1. The summed E-state index contributed by atoms with van der Waals surface area (Å²) in [6, 6.07) is 0.552. The van der Waals surface area contributed by atoms with E-state index in [0.717, 1.165) is 23.2 Å². The van der Waals surface area contributed by atoms with E-state index in [1.165, 1.54) is 6.42 Å². The van der Waals surface area contributed by atoms with Gasteiger partial charge in [0.25, 0.3) is 0 Å². The monoisotopic (exact) mass is 212 g/mol. The highest BCUT2D eigenvalue weighted by Gasteiger charge is 2.29. The molecule has 0 bridgehead atoms. The highest BCUT2D eigenvalue weighted by Crippen LogP contribution is 2.30. The highest BCUT2D eigenvalue weighted by atomic mass is 32.1. The van der Waals surface area contributed by atoms with E-state index in [9.17, 15) is 0 Å². The first-order valence-corrected chi connectivity index (χ1v) is 5.79. The van der Waals surface area contributed by atoms with Crippen molar-refractivity contribution < 1.29 is 0 Å². The van der Waals surface area contributed by atoms with Crippen LogP contribution in [-0.2, 0) is 0 Å². The van der Waals surface area contributed by atoms with Gasteiger partial charge in [0.15, 0.2) is 0 Å². The van der Waals surface area contributed by atoms with Gasteiger partial charge in [0.1, 0.15) is 5.01 Å². The van der Waals surface area contributed by atoms with Crippen molar-refractivity contribution in [1.29, 1.82) is 0 Å². The summed E-state index contributed by atoms with van der Waals surface area (Å²) in [4.78, 5) is 2.32. The van der Waals surface area contributed by atoms with Gasteiger partial charge in [0.2, 0.25) is 5.13 Å². The lowest BCUT2D eigenvalue weighted by atomic mass is 10.1. The SMILES string of the molecule is Cc1nnc(N2CC(CN)CC2C)s1. The summed E-state index contributed by atoms with van der Waals surface area (Å²) in [7, 11) is 0. The fourth-order valence-electron chi connectivity index (χ4n) is 1.98. The minimum Gasteiger partial charge on any atom is -0.344 e. The number of hydrogen-bond donors (Lipinski definition) is 1. The van der Waals surface area contributed by atoms with Gasteiger partial charge in [-0.15, -0.1) is 10.2 Å².